The molecule has 0 saturated carbocycles. The molecule has 0 fully saturated rings. The highest BCUT2D eigenvalue weighted by Gasteiger charge is 2.19. The molecule has 0 aliphatic rings. The third-order valence-corrected chi connectivity index (χ3v) is 13.6. The van der Waals surface area contributed by atoms with Gasteiger partial charge < -0.3 is 9.47 Å². The van der Waals surface area contributed by atoms with Crippen molar-refractivity contribution >= 4 is 82.0 Å². The largest absolute Gasteiger partial charge is 0.310 e. The van der Waals surface area contributed by atoms with Gasteiger partial charge in [0.05, 0.1) is 11.0 Å². The van der Waals surface area contributed by atoms with E-state index in [1.54, 1.807) is 0 Å². The van der Waals surface area contributed by atoms with Crippen LogP contribution in [-0.4, -0.2) is 4.57 Å². The van der Waals surface area contributed by atoms with E-state index in [0.29, 0.717) is 0 Å². The second-order valence-corrected chi connectivity index (χ2v) is 17.3. The van der Waals surface area contributed by atoms with Crippen molar-refractivity contribution < 1.29 is 0 Å². The van der Waals surface area contributed by atoms with Crippen LogP contribution in [0.4, 0.5) is 17.1 Å². The van der Waals surface area contributed by atoms with Gasteiger partial charge in [0.25, 0.3) is 0 Å². The van der Waals surface area contributed by atoms with Crippen LogP contribution in [0.25, 0.3) is 104 Å². The summed E-state index contributed by atoms with van der Waals surface area (Å²) in [5.41, 5.74) is 14.1. The van der Waals surface area contributed by atoms with Crippen LogP contribution in [0.2, 0.25) is 0 Å². The van der Waals surface area contributed by atoms with Crippen LogP contribution >= 0.6 is 0 Å². The van der Waals surface area contributed by atoms with E-state index in [4.69, 9.17) is 0 Å². The van der Waals surface area contributed by atoms with Crippen molar-refractivity contribution in [3.63, 3.8) is 0 Å². The first-order chi connectivity index (χ1) is 32.7. The number of anilines is 3. The van der Waals surface area contributed by atoms with Gasteiger partial charge in [0.15, 0.2) is 0 Å². The molecule has 0 aliphatic heterocycles. The Kier molecular flexibility index (Phi) is 8.89. The highest BCUT2D eigenvalue weighted by Crippen LogP contribution is 2.43. The Balaban J connectivity index is 0.941. The normalized spacial score (nSPS) is 11.6. The van der Waals surface area contributed by atoms with E-state index >= 15 is 0 Å². The molecule has 0 amide bonds. The quantitative estimate of drug-likeness (QED) is 0.145. The van der Waals surface area contributed by atoms with E-state index in [2.05, 4.69) is 264 Å². The molecule has 0 bridgehead atoms. The van der Waals surface area contributed by atoms with Gasteiger partial charge in [-0.2, -0.15) is 0 Å². The van der Waals surface area contributed by atoms with Crippen LogP contribution in [0.1, 0.15) is 0 Å². The number of nitrogens with zero attached hydrogens (tertiary/aromatic N) is 2. The topological polar surface area (TPSA) is 8.17 Å². The number of fused-ring (bicyclic) bond motifs is 10. The van der Waals surface area contributed by atoms with Gasteiger partial charge >= 0.3 is 0 Å². The van der Waals surface area contributed by atoms with Gasteiger partial charge in [0.2, 0.25) is 0 Å². The van der Waals surface area contributed by atoms with Crippen LogP contribution in [0.5, 0.6) is 0 Å². The smallest absolute Gasteiger partial charge is 0.0547 e. The first kappa shape index (κ1) is 37.8. The lowest BCUT2D eigenvalue weighted by Crippen LogP contribution is -2.10. The van der Waals surface area contributed by atoms with Crippen molar-refractivity contribution in [2.24, 2.45) is 0 Å². The standard InChI is InChI=1S/C64H42N2/c1-2-13-43(14-3-1)45-25-27-46(28-26-45)47-29-34-50(35-30-47)65(53-39-40-59-57-19-7-6-17-55(57)56-18-8-9-20-58(56)61(59)42-53)51-36-32-48(33-37-51)54-22-12-24-63-64(54)60-21-10-11-23-62(60)66(63)52-38-31-44-15-4-5-16-49(44)41-52/h1-42H. The Hall–Kier alpha value is -8.72. The van der Waals surface area contributed by atoms with E-state index in [1.807, 2.05) is 0 Å². The molecule has 1 heterocycles. The highest BCUT2D eigenvalue weighted by molar-refractivity contribution is 6.26. The molecule has 66 heavy (non-hydrogen) atoms. The fourth-order valence-electron chi connectivity index (χ4n) is 10.4. The lowest BCUT2D eigenvalue weighted by atomic mass is 9.94. The zero-order chi connectivity index (χ0) is 43.6. The van der Waals surface area contributed by atoms with Crippen LogP contribution < -0.4 is 4.90 Å². The molecule has 0 spiro atoms. The molecule has 12 aromatic carbocycles. The molecular weight excluding hydrogens is 797 g/mol. The summed E-state index contributed by atoms with van der Waals surface area (Å²) in [6.07, 6.45) is 0. The Morgan fingerprint density at radius 2 is 0.727 bits per heavy atom. The van der Waals surface area contributed by atoms with Crippen LogP contribution in [0, 0.1) is 0 Å². The Labute approximate surface area is 383 Å². The Bertz CT molecular complexity index is 3920. The molecule has 0 aliphatic carbocycles. The number of rotatable bonds is 7. The summed E-state index contributed by atoms with van der Waals surface area (Å²) in [7, 11) is 0. The predicted octanol–water partition coefficient (Wildman–Crippen LogP) is 17.9. The number of aromatic nitrogens is 1. The van der Waals surface area contributed by atoms with Gasteiger partial charge in [-0.25, -0.2) is 0 Å². The zero-order valence-corrected chi connectivity index (χ0v) is 36.1. The number of hydrogen-bond acceptors (Lipinski definition) is 1. The van der Waals surface area contributed by atoms with Gasteiger partial charge in [-0.3, -0.25) is 0 Å². The van der Waals surface area contributed by atoms with E-state index in [1.165, 1.54) is 98.3 Å². The van der Waals surface area contributed by atoms with E-state index in [-0.39, 0.29) is 0 Å². The summed E-state index contributed by atoms with van der Waals surface area (Å²) in [4.78, 5) is 2.40. The van der Waals surface area contributed by atoms with Crippen molar-refractivity contribution in [2.45, 2.75) is 0 Å². The van der Waals surface area contributed by atoms with Gasteiger partial charge in [-0.15, -0.1) is 0 Å². The number of hydrogen-bond donors (Lipinski definition) is 0. The van der Waals surface area contributed by atoms with Gasteiger partial charge in [0.1, 0.15) is 0 Å². The number of para-hydroxylation sites is 1. The summed E-state index contributed by atoms with van der Waals surface area (Å²) < 4.78 is 2.42. The minimum Gasteiger partial charge on any atom is -0.310 e. The van der Waals surface area contributed by atoms with Crippen molar-refractivity contribution in [3.8, 4) is 39.1 Å². The predicted molar refractivity (Wildman–Crippen MR) is 282 cm³/mol. The summed E-state index contributed by atoms with van der Waals surface area (Å²) in [5, 5.41) is 12.6. The molecule has 0 atom stereocenters. The molecule has 0 saturated heterocycles. The first-order valence-corrected chi connectivity index (χ1v) is 22.7. The zero-order valence-electron chi connectivity index (χ0n) is 36.1. The average Bonchev–Trinajstić information content (AvgIpc) is 3.74. The summed E-state index contributed by atoms with van der Waals surface area (Å²) in [6, 6.07) is 93.2. The van der Waals surface area contributed by atoms with Crippen LogP contribution in [-0.2, 0) is 0 Å². The maximum absolute atomic E-state index is 2.42. The molecular formula is C64H42N2. The third kappa shape index (κ3) is 6.26. The summed E-state index contributed by atoms with van der Waals surface area (Å²) >= 11 is 0. The van der Waals surface area contributed by atoms with Crippen molar-refractivity contribution in [1.29, 1.82) is 0 Å². The molecule has 308 valence electrons. The molecule has 0 unspecified atom stereocenters. The van der Waals surface area contributed by atoms with E-state index in [0.717, 1.165) is 22.7 Å². The second kappa shape index (κ2) is 15.5. The van der Waals surface area contributed by atoms with Crippen molar-refractivity contribution in [3.05, 3.63) is 255 Å². The SMILES string of the molecule is c1ccc(-c2ccc(-c3ccc(N(c4ccc(-c5cccc6c5c5ccccc5n6-c5ccc6ccccc6c5)cc4)c4ccc5c6ccccc6c6ccccc6c5c4)cc3)cc2)cc1. The lowest BCUT2D eigenvalue weighted by molar-refractivity contribution is 1.19. The first-order valence-electron chi connectivity index (χ1n) is 22.7. The minimum atomic E-state index is 1.09. The van der Waals surface area contributed by atoms with Crippen LogP contribution in [0.15, 0.2) is 255 Å². The van der Waals surface area contributed by atoms with E-state index in [9.17, 15) is 0 Å². The van der Waals surface area contributed by atoms with Crippen LogP contribution in [0.3, 0.4) is 0 Å². The Morgan fingerprint density at radius 1 is 0.258 bits per heavy atom. The monoisotopic (exact) mass is 838 g/mol. The summed E-state index contributed by atoms with van der Waals surface area (Å²) in [6.45, 7) is 0. The third-order valence-electron chi connectivity index (χ3n) is 13.6. The molecule has 1 aromatic heterocycles. The Morgan fingerprint density at radius 3 is 1.38 bits per heavy atom. The van der Waals surface area contributed by atoms with Crippen molar-refractivity contribution in [2.75, 3.05) is 4.90 Å². The maximum atomic E-state index is 2.42. The highest BCUT2D eigenvalue weighted by atomic mass is 15.1. The maximum Gasteiger partial charge on any atom is 0.0547 e. The van der Waals surface area contributed by atoms with E-state index < -0.39 is 0 Å². The summed E-state index contributed by atoms with van der Waals surface area (Å²) in [5.74, 6) is 0. The molecule has 0 radical (unpaired) electrons. The molecule has 13 aromatic rings. The average molecular weight is 839 g/mol. The minimum absolute atomic E-state index is 1.09. The fourth-order valence-corrected chi connectivity index (χ4v) is 10.4. The van der Waals surface area contributed by atoms with Crippen molar-refractivity contribution in [1.82, 2.24) is 4.57 Å². The van der Waals surface area contributed by atoms with Gasteiger partial charge in [0, 0.05) is 33.5 Å². The molecule has 13 rings (SSSR count). The molecule has 2 heteroatoms. The number of benzene rings is 12. The fraction of sp³-hybridized carbons (Fsp3) is 0. The lowest BCUT2D eigenvalue weighted by Gasteiger charge is -2.27. The molecule has 0 N–H and O–H groups in total. The van der Waals surface area contributed by atoms with Gasteiger partial charge in [-0.1, -0.05) is 194 Å². The molecule has 2 nitrogen and oxygen atoms in total. The van der Waals surface area contributed by atoms with Gasteiger partial charge in [-0.05, 0) is 137 Å². The second-order valence-electron chi connectivity index (χ2n) is 17.3.